The van der Waals surface area contributed by atoms with Crippen molar-refractivity contribution in [2.24, 2.45) is 0 Å². The number of rotatable bonds is 8. The summed E-state index contributed by atoms with van der Waals surface area (Å²) < 4.78 is 9.47. The first-order chi connectivity index (χ1) is 10.8. The van der Waals surface area contributed by atoms with Crippen molar-refractivity contribution < 1.29 is 38.4 Å². The molecular weight excluding hydrogens is 308 g/mol. The summed E-state index contributed by atoms with van der Waals surface area (Å²) in [5.41, 5.74) is -0.186. The van der Waals surface area contributed by atoms with Crippen molar-refractivity contribution in [3.8, 4) is 0 Å². The van der Waals surface area contributed by atoms with Crippen LogP contribution in [-0.2, 0) is 38.4 Å². The zero-order valence-corrected chi connectivity index (χ0v) is 12.1. The summed E-state index contributed by atoms with van der Waals surface area (Å²) in [6.45, 7) is 13.3. The zero-order valence-electron chi connectivity index (χ0n) is 12.1. The lowest BCUT2D eigenvalue weighted by molar-refractivity contribution is -0.256. The molecule has 8 heteroatoms. The second kappa shape index (κ2) is 7.74. The summed E-state index contributed by atoms with van der Waals surface area (Å²) in [6, 6.07) is 0. The molecule has 23 heavy (non-hydrogen) atoms. The Balaban J connectivity index is 2.57. The van der Waals surface area contributed by atoms with Gasteiger partial charge in [-0.3, -0.25) is 0 Å². The molecule has 1 saturated heterocycles. The van der Waals surface area contributed by atoms with E-state index in [2.05, 4.69) is 40.8 Å². The molecule has 2 atom stereocenters. The van der Waals surface area contributed by atoms with Crippen LogP contribution in [0.5, 0.6) is 0 Å². The average Bonchev–Trinajstić information content (AvgIpc) is 3.26. The Hall–Kier alpha value is -3.16. The Morgan fingerprint density at radius 1 is 1.09 bits per heavy atom. The Morgan fingerprint density at radius 2 is 1.61 bits per heavy atom. The third kappa shape index (κ3) is 5.27. The minimum atomic E-state index is -1.24. The molecule has 1 aliphatic heterocycles. The maximum absolute atomic E-state index is 11.6. The van der Waals surface area contributed by atoms with Gasteiger partial charge in [0.1, 0.15) is 0 Å². The molecule has 1 heterocycles. The monoisotopic (exact) mass is 322 g/mol. The van der Waals surface area contributed by atoms with E-state index in [1.807, 2.05) is 0 Å². The number of carbonyl (C=O) groups is 4. The summed E-state index contributed by atoms with van der Waals surface area (Å²) >= 11 is 0. The van der Waals surface area contributed by atoms with Crippen molar-refractivity contribution in [3.05, 3.63) is 49.6 Å². The first-order valence-corrected chi connectivity index (χ1v) is 6.26. The van der Waals surface area contributed by atoms with Gasteiger partial charge in [0.15, 0.2) is 6.10 Å². The molecular formula is C15H14O8. The van der Waals surface area contributed by atoms with Gasteiger partial charge < -0.3 is 9.47 Å². The van der Waals surface area contributed by atoms with Gasteiger partial charge in [0, 0.05) is 0 Å². The first-order valence-electron chi connectivity index (χ1n) is 6.26. The molecule has 1 fully saturated rings. The molecule has 2 unspecified atom stereocenters. The lowest BCUT2D eigenvalue weighted by Gasteiger charge is -2.13. The normalized spacial score (nSPS) is 16.2. The number of hydrogen-bond acceptors (Lipinski definition) is 8. The van der Waals surface area contributed by atoms with E-state index in [1.165, 1.54) is 0 Å². The Morgan fingerprint density at radius 3 is 2.09 bits per heavy atom. The lowest BCUT2D eigenvalue weighted by atomic mass is 10.2. The van der Waals surface area contributed by atoms with E-state index in [4.69, 9.17) is 4.74 Å². The molecule has 0 radical (unpaired) electrons. The third-order valence-electron chi connectivity index (χ3n) is 2.61. The number of esters is 1. The van der Waals surface area contributed by atoms with E-state index >= 15 is 0 Å². The third-order valence-corrected chi connectivity index (χ3v) is 2.61. The second-order valence-corrected chi connectivity index (χ2v) is 4.29. The number of hydrogen-bond donors (Lipinski definition) is 0. The molecule has 8 nitrogen and oxygen atoms in total. The molecule has 0 saturated carbocycles. The van der Waals surface area contributed by atoms with E-state index in [-0.39, 0.29) is 11.1 Å². The van der Waals surface area contributed by atoms with Crippen molar-refractivity contribution in [3.63, 3.8) is 0 Å². The van der Waals surface area contributed by atoms with E-state index in [0.717, 1.165) is 12.2 Å². The fourth-order valence-corrected chi connectivity index (χ4v) is 1.25. The van der Waals surface area contributed by atoms with Crippen molar-refractivity contribution in [1.29, 1.82) is 0 Å². The van der Waals surface area contributed by atoms with Gasteiger partial charge in [0.2, 0.25) is 6.10 Å². The van der Waals surface area contributed by atoms with Crippen LogP contribution in [0.25, 0.3) is 0 Å². The van der Waals surface area contributed by atoms with Gasteiger partial charge in [-0.1, -0.05) is 38.5 Å². The number of cyclic esters (lactones) is 1. The van der Waals surface area contributed by atoms with Crippen LogP contribution >= 0.6 is 0 Å². The van der Waals surface area contributed by atoms with E-state index < -0.39 is 42.5 Å². The van der Waals surface area contributed by atoms with Crippen LogP contribution in [0.3, 0.4) is 0 Å². The average molecular weight is 322 g/mol. The van der Waals surface area contributed by atoms with Gasteiger partial charge in [-0.25, -0.2) is 29.0 Å². The van der Waals surface area contributed by atoms with Crippen LogP contribution in [0.1, 0.15) is 6.42 Å². The van der Waals surface area contributed by atoms with Crippen molar-refractivity contribution in [2.75, 3.05) is 0 Å². The van der Waals surface area contributed by atoms with Gasteiger partial charge in [0.25, 0.3) is 0 Å². The van der Waals surface area contributed by atoms with E-state index in [1.54, 1.807) is 0 Å². The molecule has 0 spiro atoms. The minimum Gasteiger partial charge on any atom is -0.454 e. The van der Waals surface area contributed by atoms with Crippen LogP contribution in [0.15, 0.2) is 49.6 Å². The molecule has 0 bridgehead atoms. The number of ether oxygens (including phenoxy) is 2. The summed E-state index contributed by atoms with van der Waals surface area (Å²) in [7, 11) is 0. The molecule has 0 N–H and O–H groups in total. The lowest BCUT2D eigenvalue weighted by Crippen LogP contribution is -2.29. The van der Waals surface area contributed by atoms with Crippen molar-refractivity contribution in [1.82, 2.24) is 0 Å². The fraction of sp³-hybridized carbons (Fsp3) is 0.200. The Bertz CT molecular complexity index is 601. The van der Waals surface area contributed by atoms with Crippen LogP contribution in [0.4, 0.5) is 0 Å². The SMILES string of the molecule is C=CC(=C)C(=O)OOC(=O)CC(OC(=O)C(=C)C=C)C1OC1=O. The number of epoxide rings is 1. The quantitative estimate of drug-likeness (QED) is 0.160. The van der Waals surface area contributed by atoms with Gasteiger partial charge in [-0.2, -0.15) is 0 Å². The standard InChI is InChI=1S/C15H14O8/c1-5-8(3)13(17)20-10(12-15(19)21-12)7-11(16)22-23-14(18)9(4)6-2/h5-6,10,12H,1-4,7H2. The number of carbonyl (C=O) groups excluding carboxylic acids is 4. The molecule has 0 aromatic rings. The maximum atomic E-state index is 11.6. The topological polar surface area (TPSA) is 108 Å². The van der Waals surface area contributed by atoms with Gasteiger partial charge >= 0.3 is 23.9 Å². The molecule has 0 aromatic heterocycles. The molecule has 122 valence electrons. The van der Waals surface area contributed by atoms with Gasteiger partial charge in [0.05, 0.1) is 17.6 Å². The van der Waals surface area contributed by atoms with Crippen molar-refractivity contribution in [2.45, 2.75) is 18.6 Å². The minimum absolute atomic E-state index is 0.0647. The molecule has 0 aromatic carbocycles. The zero-order chi connectivity index (χ0) is 17.6. The molecule has 1 rings (SSSR count). The van der Waals surface area contributed by atoms with Crippen LogP contribution in [-0.4, -0.2) is 36.1 Å². The van der Waals surface area contributed by atoms with Crippen LogP contribution in [0, 0.1) is 0 Å². The predicted molar refractivity (Wildman–Crippen MR) is 75.2 cm³/mol. The highest BCUT2D eigenvalue weighted by Gasteiger charge is 2.49. The highest BCUT2D eigenvalue weighted by molar-refractivity contribution is 5.93. The second-order valence-electron chi connectivity index (χ2n) is 4.29. The predicted octanol–water partition coefficient (Wildman–Crippen LogP) is 0.699. The fourth-order valence-electron chi connectivity index (χ4n) is 1.25. The Kier molecular flexibility index (Phi) is 6.02. The summed E-state index contributed by atoms with van der Waals surface area (Å²) in [6.07, 6.45) is -0.627. The smallest absolute Gasteiger partial charge is 0.385 e. The van der Waals surface area contributed by atoms with E-state index in [0.29, 0.717) is 0 Å². The van der Waals surface area contributed by atoms with Gasteiger partial charge in [-0.15, -0.1) is 0 Å². The largest absolute Gasteiger partial charge is 0.454 e. The molecule has 0 aliphatic carbocycles. The van der Waals surface area contributed by atoms with E-state index in [9.17, 15) is 19.2 Å². The molecule has 0 amide bonds. The van der Waals surface area contributed by atoms with Crippen molar-refractivity contribution >= 4 is 23.9 Å². The Labute approximate surface area is 131 Å². The molecule has 1 aliphatic rings. The maximum Gasteiger partial charge on any atom is 0.385 e. The van der Waals surface area contributed by atoms with Crippen LogP contribution < -0.4 is 0 Å². The summed E-state index contributed by atoms with van der Waals surface area (Å²) in [5.74, 6) is -3.59. The highest BCUT2D eigenvalue weighted by Crippen LogP contribution is 2.23. The summed E-state index contributed by atoms with van der Waals surface area (Å²) in [4.78, 5) is 53.8. The summed E-state index contributed by atoms with van der Waals surface area (Å²) in [5, 5.41) is 0. The van der Waals surface area contributed by atoms with Gasteiger partial charge in [-0.05, 0) is 0 Å². The highest BCUT2D eigenvalue weighted by atomic mass is 17.2. The first kappa shape index (κ1) is 17.9. The van der Waals surface area contributed by atoms with Crippen LogP contribution in [0.2, 0.25) is 0 Å².